The van der Waals surface area contributed by atoms with Crippen LogP contribution in [0, 0.1) is 0 Å². The number of aliphatic carboxylic acids is 1. The van der Waals surface area contributed by atoms with Crippen molar-refractivity contribution in [2.75, 3.05) is 0 Å². The van der Waals surface area contributed by atoms with E-state index in [1.165, 1.54) is 6.92 Å². The van der Waals surface area contributed by atoms with Gasteiger partial charge in [0.25, 0.3) is 0 Å². The number of carbonyl (C=O) groups is 2. The van der Waals surface area contributed by atoms with Gasteiger partial charge in [-0.05, 0) is 48.5 Å². The van der Waals surface area contributed by atoms with Crippen LogP contribution in [0.5, 0.6) is 0 Å². The van der Waals surface area contributed by atoms with Crippen LogP contribution < -0.4 is 0 Å². The Morgan fingerprint density at radius 2 is 1.74 bits per heavy atom. The summed E-state index contributed by atoms with van der Waals surface area (Å²) in [7, 11) is 0. The lowest BCUT2D eigenvalue weighted by molar-refractivity contribution is -0.150. The molecule has 110 valence electrons. The zero-order valence-corrected chi connectivity index (χ0v) is 12.6. The molecule has 0 spiro atoms. The van der Waals surface area contributed by atoms with E-state index in [2.05, 4.69) is 0 Å². The third-order valence-corrected chi connectivity index (χ3v) is 3.27. The third-order valence-electron chi connectivity index (χ3n) is 3.27. The molecule has 1 N–H and O–H groups in total. The molecule has 0 aromatic heterocycles. The molecule has 0 aromatic carbocycles. The van der Waals surface area contributed by atoms with Gasteiger partial charge in [0.15, 0.2) is 5.54 Å². The summed E-state index contributed by atoms with van der Waals surface area (Å²) in [6.07, 6.45) is -1.32. The van der Waals surface area contributed by atoms with Crippen molar-refractivity contribution in [1.82, 2.24) is 4.90 Å². The van der Waals surface area contributed by atoms with Gasteiger partial charge in [-0.3, -0.25) is 4.90 Å². The van der Waals surface area contributed by atoms with E-state index in [9.17, 15) is 14.7 Å². The molecule has 1 heterocycles. The first kappa shape index (κ1) is 15.8. The molecule has 6 nitrogen and oxygen atoms in total. The number of ether oxygens (including phenoxy) is 2. The molecule has 1 saturated heterocycles. The molecular weight excluding hydrogens is 250 g/mol. The first-order chi connectivity index (χ1) is 8.32. The molecule has 1 fully saturated rings. The fourth-order valence-corrected chi connectivity index (χ4v) is 2.33. The lowest BCUT2D eigenvalue weighted by Crippen LogP contribution is -2.60. The Kier molecular flexibility index (Phi) is 3.62. The molecule has 2 atom stereocenters. The maximum absolute atomic E-state index is 12.3. The Labute approximate surface area is 113 Å². The smallest absolute Gasteiger partial charge is 0.413 e. The number of carboxylic acids is 1. The highest BCUT2D eigenvalue weighted by Gasteiger charge is 2.61. The molecule has 1 aliphatic rings. The number of carbonyl (C=O) groups excluding carboxylic acids is 1. The number of hydrogen-bond acceptors (Lipinski definition) is 4. The van der Waals surface area contributed by atoms with Crippen LogP contribution in [0.3, 0.4) is 0 Å². The second-order valence-electron chi connectivity index (χ2n) is 6.48. The van der Waals surface area contributed by atoms with Gasteiger partial charge in [0.2, 0.25) is 0 Å². The Bertz CT molecular complexity index is 398. The van der Waals surface area contributed by atoms with Crippen molar-refractivity contribution in [2.45, 2.75) is 71.4 Å². The van der Waals surface area contributed by atoms with Gasteiger partial charge in [0, 0.05) is 0 Å². The molecule has 19 heavy (non-hydrogen) atoms. The molecular formula is C13H23NO5. The van der Waals surface area contributed by atoms with E-state index in [1.807, 2.05) is 0 Å². The zero-order valence-electron chi connectivity index (χ0n) is 12.6. The molecule has 0 aliphatic carbocycles. The summed E-state index contributed by atoms with van der Waals surface area (Å²) in [6.45, 7) is 11.6. The van der Waals surface area contributed by atoms with Crippen molar-refractivity contribution in [2.24, 2.45) is 0 Å². The summed E-state index contributed by atoms with van der Waals surface area (Å²) in [6, 6.07) is 0. The average molecular weight is 273 g/mol. The monoisotopic (exact) mass is 273 g/mol. The van der Waals surface area contributed by atoms with Gasteiger partial charge in [-0.25, -0.2) is 9.59 Å². The van der Waals surface area contributed by atoms with E-state index in [0.717, 1.165) is 4.90 Å². The minimum atomic E-state index is -1.45. The van der Waals surface area contributed by atoms with Crippen LogP contribution in [-0.2, 0) is 14.3 Å². The fourth-order valence-electron chi connectivity index (χ4n) is 2.33. The summed E-state index contributed by atoms with van der Waals surface area (Å²) in [4.78, 5) is 25.0. The molecule has 1 amide bonds. The molecule has 0 saturated carbocycles. The van der Waals surface area contributed by atoms with Crippen LogP contribution in [0.25, 0.3) is 0 Å². The zero-order chi connectivity index (χ0) is 15.2. The summed E-state index contributed by atoms with van der Waals surface area (Å²) in [5, 5.41) is 9.46. The van der Waals surface area contributed by atoms with Crippen molar-refractivity contribution in [1.29, 1.82) is 0 Å². The first-order valence-corrected chi connectivity index (χ1v) is 6.27. The highest BCUT2D eigenvalue weighted by atomic mass is 16.6. The van der Waals surface area contributed by atoms with E-state index in [0.29, 0.717) is 0 Å². The van der Waals surface area contributed by atoms with E-state index >= 15 is 0 Å². The lowest BCUT2D eigenvalue weighted by Gasteiger charge is -2.38. The van der Waals surface area contributed by atoms with Crippen molar-refractivity contribution in [3.8, 4) is 0 Å². The maximum atomic E-state index is 12.3. The SMILES string of the molecule is C[C@H]1OC(C)(C)N(C(=O)OC(C)(C)C)[C@@]1(C)C(=O)O. The van der Waals surface area contributed by atoms with Crippen LogP contribution in [0.4, 0.5) is 4.79 Å². The molecule has 1 rings (SSSR count). The highest BCUT2D eigenvalue weighted by Crippen LogP contribution is 2.40. The topological polar surface area (TPSA) is 76.1 Å². The van der Waals surface area contributed by atoms with E-state index < -0.39 is 35.0 Å². The minimum absolute atomic E-state index is 0.632. The summed E-state index contributed by atoms with van der Waals surface area (Å²) >= 11 is 0. The van der Waals surface area contributed by atoms with E-state index in [4.69, 9.17) is 9.47 Å². The average Bonchev–Trinajstić information content (AvgIpc) is 2.30. The molecule has 6 heteroatoms. The second kappa shape index (κ2) is 4.37. The van der Waals surface area contributed by atoms with Crippen LogP contribution in [0.1, 0.15) is 48.5 Å². The molecule has 0 unspecified atom stereocenters. The standard InChI is InChI=1S/C13H23NO5/c1-8-13(7,9(15)16)14(12(5,6)18-8)10(17)19-11(2,3)4/h8H,1-7H3,(H,15,16)/t8-,13-/m1/s1. The summed E-state index contributed by atoms with van der Waals surface area (Å²) < 4.78 is 10.9. The van der Waals surface area contributed by atoms with Crippen molar-refractivity contribution in [3.05, 3.63) is 0 Å². The Hall–Kier alpha value is -1.30. The van der Waals surface area contributed by atoms with Gasteiger partial charge >= 0.3 is 12.1 Å². The Balaban J connectivity index is 3.19. The van der Waals surface area contributed by atoms with Gasteiger partial charge < -0.3 is 14.6 Å². The second-order valence-corrected chi connectivity index (χ2v) is 6.48. The van der Waals surface area contributed by atoms with Crippen molar-refractivity contribution >= 4 is 12.1 Å². The van der Waals surface area contributed by atoms with Crippen LogP contribution >= 0.6 is 0 Å². The Morgan fingerprint density at radius 1 is 1.26 bits per heavy atom. The van der Waals surface area contributed by atoms with Gasteiger partial charge in [-0.15, -0.1) is 0 Å². The van der Waals surface area contributed by atoms with Crippen molar-refractivity contribution in [3.63, 3.8) is 0 Å². The van der Waals surface area contributed by atoms with Gasteiger partial charge in [-0.1, -0.05) is 0 Å². The van der Waals surface area contributed by atoms with Crippen LogP contribution in [0.2, 0.25) is 0 Å². The summed E-state index contributed by atoms with van der Waals surface area (Å²) in [5.74, 6) is -1.11. The summed E-state index contributed by atoms with van der Waals surface area (Å²) in [5.41, 5.74) is -3.18. The van der Waals surface area contributed by atoms with Crippen LogP contribution in [-0.4, -0.2) is 45.0 Å². The van der Waals surface area contributed by atoms with E-state index in [1.54, 1.807) is 41.5 Å². The number of nitrogens with zero attached hydrogens (tertiary/aromatic N) is 1. The largest absolute Gasteiger partial charge is 0.479 e. The molecule has 0 aromatic rings. The fraction of sp³-hybridized carbons (Fsp3) is 0.846. The third kappa shape index (κ3) is 2.68. The molecule has 0 radical (unpaired) electrons. The Morgan fingerprint density at radius 3 is 2.11 bits per heavy atom. The molecule has 0 bridgehead atoms. The maximum Gasteiger partial charge on any atom is 0.413 e. The first-order valence-electron chi connectivity index (χ1n) is 6.27. The van der Waals surface area contributed by atoms with Gasteiger partial charge in [0.05, 0.1) is 6.10 Å². The predicted molar refractivity (Wildman–Crippen MR) is 68.7 cm³/mol. The number of rotatable bonds is 1. The highest BCUT2D eigenvalue weighted by molar-refractivity contribution is 5.86. The quantitative estimate of drug-likeness (QED) is 0.792. The number of hydrogen-bond donors (Lipinski definition) is 1. The van der Waals surface area contributed by atoms with Gasteiger partial charge in [-0.2, -0.15) is 0 Å². The van der Waals surface area contributed by atoms with Gasteiger partial charge in [0.1, 0.15) is 11.3 Å². The lowest BCUT2D eigenvalue weighted by atomic mass is 9.94. The van der Waals surface area contributed by atoms with Crippen molar-refractivity contribution < 1.29 is 24.2 Å². The van der Waals surface area contributed by atoms with E-state index in [-0.39, 0.29) is 0 Å². The normalized spacial score (nSPS) is 30.3. The predicted octanol–water partition coefficient (Wildman–Crippen LogP) is 2.22. The molecule has 1 aliphatic heterocycles. The minimum Gasteiger partial charge on any atom is -0.479 e. The number of carboxylic acid groups (broad SMARTS) is 1. The number of amides is 1. The van der Waals surface area contributed by atoms with Crippen LogP contribution in [0.15, 0.2) is 0 Å².